The minimum Gasteiger partial charge on any atom is -0.493 e. The molecule has 5 heteroatoms. The molecule has 0 aliphatic rings. The molecule has 1 atom stereocenters. The van der Waals surface area contributed by atoms with Gasteiger partial charge in [0, 0.05) is 6.54 Å². The summed E-state index contributed by atoms with van der Waals surface area (Å²) in [5.41, 5.74) is 0.657. The number of hydrogen-bond donors (Lipinski definition) is 2. The lowest BCUT2D eigenvalue weighted by Crippen LogP contribution is -2.45. The Morgan fingerprint density at radius 3 is 2.57 bits per heavy atom. The summed E-state index contributed by atoms with van der Waals surface area (Å²) in [5, 5.41) is 5.86. The molecule has 0 aromatic heterocycles. The highest BCUT2D eigenvalue weighted by Gasteiger charge is 2.23. The summed E-state index contributed by atoms with van der Waals surface area (Å²) in [6, 6.07) is 4.04. The van der Waals surface area contributed by atoms with Crippen molar-refractivity contribution in [3.05, 3.63) is 23.8 Å². The highest BCUT2D eigenvalue weighted by Crippen LogP contribution is 2.27. The Kier molecular flexibility index (Phi) is 4.47. The van der Waals surface area contributed by atoms with Gasteiger partial charge in [0.1, 0.15) is 0 Å². The van der Waals surface area contributed by atoms with Gasteiger partial charge in [0.2, 0.25) is 5.91 Å². The molecule has 0 saturated carbocycles. The van der Waals surface area contributed by atoms with Gasteiger partial charge in [-0.15, -0.1) is 0 Å². The second-order valence-corrected chi connectivity index (χ2v) is 6.63. The largest absolute Gasteiger partial charge is 0.493 e. The first-order valence-electron chi connectivity index (χ1n) is 10.6. The number of amides is 1. The smallest absolute Gasteiger partial charge is 0.237 e. The van der Waals surface area contributed by atoms with Gasteiger partial charge in [0.25, 0.3) is 0 Å². The molecular weight excluding hydrogens is 292 g/mol. The Morgan fingerprint density at radius 1 is 1.26 bits per heavy atom. The number of rotatable bonds is 8. The third kappa shape index (κ3) is 6.48. The summed E-state index contributed by atoms with van der Waals surface area (Å²) in [7, 11) is -3.76. The number of likely N-dealkylation sites (N-methyl/N-ethyl adjacent to an activating group) is 1. The molecule has 0 aliphatic carbocycles. The van der Waals surface area contributed by atoms with Crippen molar-refractivity contribution >= 4 is 5.91 Å². The molecule has 0 heterocycles. The van der Waals surface area contributed by atoms with Gasteiger partial charge in [-0.3, -0.25) is 4.79 Å². The lowest BCUT2D eigenvalue weighted by atomic mass is 9.88. The van der Waals surface area contributed by atoms with Crippen molar-refractivity contribution in [2.45, 2.75) is 39.7 Å². The molecule has 1 unspecified atom stereocenters. The first kappa shape index (κ1) is 11.7. The van der Waals surface area contributed by atoms with E-state index < -0.39 is 14.1 Å². The molecule has 2 N–H and O–H groups in total. The van der Waals surface area contributed by atoms with Crippen molar-refractivity contribution in [1.82, 2.24) is 10.6 Å². The Balaban J connectivity index is 2.81. The molecule has 1 aromatic carbocycles. The Bertz CT molecular complexity index is 684. The van der Waals surface area contributed by atoms with E-state index in [2.05, 4.69) is 31.4 Å². The van der Waals surface area contributed by atoms with E-state index in [0.717, 1.165) is 0 Å². The van der Waals surface area contributed by atoms with Crippen LogP contribution in [0.25, 0.3) is 0 Å². The van der Waals surface area contributed by atoms with Crippen LogP contribution in [-0.2, 0) is 11.2 Å². The van der Waals surface area contributed by atoms with Crippen LogP contribution in [0, 0.1) is 5.41 Å². The third-order valence-electron chi connectivity index (χ3n) is 3.42. The molecule has 1 aromatic rings. The van der Waals surface area contributed by atoms with E-state index in [0.29, 0.717) is 24.9 Å². The molecule has 1 amide bonds. The molecule has 0 fully saturated rings. The zero-order valence-electron chi connectivity index (χ0n) is 20.2. The summed E-state index contributed by atoms with van der Waals surface area (Å²) in [4.78, 5) is 12.4. The van der Waals surface area contributed by atoms with Crippen molar-refractivity contribution in [3.8, 4) is 11.5 Å². The molecular formula is C18H30N2O3. The van der Waals surface area contributed by atoms with E-state index in [1.54, 1.807) is 13.1 Å². The second-order valence-electron chi connectivity index (χ2n) is 6.63. The maximum atomic E-state index is 12.4. The van der Waals surface area contributed by atoms with Crippen LogP contribution in [0.2, 0.25) is 0 Å². The first-order valence-corrected chi connectivity index (χ1v) is 7.55. The number of benzene rings is 1. The Morgan fingerprint density at radius 2 is 1.96 bits per heavy atom. The monoisotopic (exact) mass is 328 g/mol. The van der Waals surface area contributed by atoms with Crippen molar-refractivity contribution in [2.24, 2.45) is 5.41 Å². The maximum Gasteiger partial charge on any atom is 0.237 e. The molecule has 5 nitrogen and oxygen atoms in total. The molecule has 0 spiro atoms. The van der Waals surface area contributed by atoms with E-state index in [-0.39, 0.29) is 28.9 Å². The van der Waals surface area contributed by atoms with Gasteiger partial charge >= 0.3 is 0 Å². The fourth-order valence-electron chi connectivity index (χ4n) is 2.26. The summed E-state index contributed by atoms with van der Waals surface area (Å²) < 4.78 is 53.0. The van der Waals surface area contributed by atoms with Crippen LogP contribution >= 0.6 is 0 Å². The highest BCUT2D eigenvalue weighted by atomic mass is 16.5. The standard InChI is InChI=1S/C18H30N2O3/c1-18(2,3)12-14(19-4)17(21)20-10-9-13-7-8-15(22-5)16(11-13)23-6/h7-8,11,14,19H,9-10,12H2,1-6H3,(H,20,21)/i5D3,6D3. The average Bonchev–Trinajstić information content (AvgIpc) is 2.51. The minimum atomic E-state index is -2.76. The van der Waals surface area contributed by atoms with Gasteiger partial charge < -0.3 is 20.1 Å². The first-order chi connectivity index (χ1) is 13.1. The number of carbonyl (C=O) groups excluding carboxylic acids is 1. The predicted molar refractivity (Wildman–Crippen MR) is 93.2 cm³/mol. The van der Waals surface area contributed by atoms with E-state index >= 15 is 0 Å². The molecule has 23 heavy (non-hydrogen) atoms. The number of ether oxygens (including phenoxy) is 2. The average molecular weight is 328 g/mol. The van der Waals surface area contributed by atoms with E-state index in [1.165, 1.54) is 12.1 Å². The summed E-state index contributed by atoms with van der Waals surface area (Å²) in [5.74, 6) is -0.496. The highest BCUT2D eigenvalue weighted by molar-refractivity contribution is 5.81. The zero-order chi connectivity index (χ0) is 22.5. The van der Waals surface area contributed by atoms with Gasteiger partial charge in [-0.25, -0.2) is 0 Å². The number of methoxy groups -OCH3 is 2. The van der Waals surface area contributed by atoms with E-state index in [9.17, 15) is 4.79 Å². The SMILES string of the molecule is [2H]C([2H])([2H])Oc1ccc(CCNC(=O)C(CC(C)(C)C)NC)cc1OC([2H])([2H])[2H]. The Labute approximate surface area is 148 Å². The van der Waals surface area contributed by atoms with Gasteiger partial charge in [0.05, 0.1) is 28.3 Å². The molecule has 0 radical (unpaired) electrons. The van der Waals surface area contributed by atoms with Crippen LogP contribution in [0.5, 0.6) is 11.5 Å². The quantitative estimate of drug-likeness (QED) is 0.769. The molecule has 0 saturated heterocycles. The van der Waals surface area contributed by atoms with E-state index in [4.69, 9.17) is 17.7 Å². The van der Waals surface area contributed by atoms with Gasteiger partial charge in [-0.05, 0) is 43.0 Å². The topological polar surface area (TPSA) is 59.6 Å². The lowest BCUT2D eigenvalue weighted by Gasteiger charge is -2.25. The maximum absolute atomic E-state index is 12.4. The van der Waals surface area contributed by atoms with Crippen molar-refractivity contribution in [2.75, 3.05) is 27.7 Å². The molecule has 0 bridgehead atoms. The van der Waals surface area contributed by atoms with Crippen LogP contribution in [0.1, 0.15) is 41.0 Å². The number of nitrogens with one attached hydrogen (secondary N) is 2. The fraction of sp³-hybridized carbons (Fsp3) is 0.611. The second kappa shape index (κ2) is 8.77. The van der Waals surface area contributed by atoms with Crippen molar-refractivity contribution in [3.63, 3.8) is 0 Å². The van der Waals surface area contributed by atoms with Crippen LogP contribution in [0.4, 0.5) is 0 Å². The minimum absolute atomic E-state index is 0.00880. The summed E-state index contributed by atoms with van der Waals surface area (Å²) in [6.45, 7) is 6.49. The zero-order valence-corrected chi connectivity index (χ0v) is 14.2. The van der Waals surface area contributed by atoms with Crippen molar-refractivity contribution < 1.29 is 22.5 Å². The van der Waals surface area contributed by atoms with Crippen LogP contribution < -0.4 is 20.1 Å². The van der Waals surface area contributed by atoms with E-state index in [1.807, 2.05) is 0 Å². The van der Waals surface area contributed by atoms with Gasteiger partial charge in [0.15, 0.2) is 11.5 Å². The Hall–Kier alpha value is -1.75. The molecule has 1 rings (SSSR count). The molecule has 0 aliphatic heterocycles. The van der Waals surface area contributed by atoms with Gasteiger partial charge in [-0.2, -0.15) is 0 Å². The summed E-state index contributed by atoms with van der Waals surface area (Å²) >= 11 is 0. The normalized spacial score (nSPS) is 17.6. The number of hydrogen-bond acceptors (Lipinski definition) is 4. The number of carbonyl (C=O) groups is 1. The van der Waals surface area contributed by atoms with Crippen LogP contribution in [0.15, 0.2) is 18.2 Å². The van der Waals surface area contributed by atoms with Gasteiger partial charge in [-0.1, -0.05) is 26.8 Å². The third-order valence-corrected chi connectivity index (χ3v) is 3.42. The van der Waals surface area contributed by atoms with Crippen LogP contribution in [-0.4, -0.2) is 39.6 Å². The fourth-order valence-corrected chi connectivity index (χ4v) is 2.26. The molecule has 130 valence electrons. The van der Waals surface area contributed by atoms with Crippen LogP contribution in [0.3, 0.4) is 0 Å². The summed E-state index contributed by atoms with van der Waals surface area (Å²) in [6.07, 6.45) is 1.08. The lowest BCUT2D eigenvalue weighted by molar-refractivity contribution is -0.123. The predicted octanol–water partition coefficient (Wildman–Crippen LogP) is 2.39. The van der Waals surface area contributed by atoms with Crippen molar-refractivity contribution in [1.29, 1.82) is 0 Å².